The molecule has 1 heterocycles. The molecule has 1 aromatic heterocycles. The monoisotopic (exact) mass is 337 g/mol. The highest BCUT2D eigenvalue weighted by Gasteiger charge is 2.18. The quantitative estimate of drug-likeness (QED) is 0.752. The summed E-state index contributed by atoms with van der Waals surface area (Å²) in [5, 5.41) is 14.4. The van der Waals surface area contributed by atoms with Crippen LogP contribution in [0.2, 0.25) is 0 Å². The van der Waals surface area contributed by atoms with Crippen molar-refractivity contribution in [2.75, 3.05) is 7.05 Å². The molecule has 4 N–H and O–H groups in total. The lowest BCUT2D eigenvalue weighted by molar-refractivity contribution is 0.194. The number of aromatic amines is 1. The summed E-state index contributed by atoms with van der Waals surface area (Å²) < 4.78 is 22.5. The van der Waals surface area contributed by atoms with Gasteiger partial charge < -0.3 is 10.2 Å². The minimum absolute atomic E-state index is 0.0415. The number of hydrogen-bond acceptors (Lipinski definition) is 4. The molecule has 0 saturated carbocycles. The first-order chi connectivity index (χ1) is 10.8. The van der Waals surface area contributed by atoms with Crippen molar-refractivity contribution >= 4 is 16.1 Å². The highest BCUT2D eigenvalue weighted by Crippen LogP contribution is 2.20. The first-order valence-corrected chi connectivity index (χ1v) is 8.45. The molecule has 0 radical (unpaired) electrons. The second-order valence-corrected chi connectivity index (χ2v) is 6.70. The average molecular weight is 337 g/mol. The zero-order chi connectivity index (χ0) is 17.0. The molecule has 9 heteroatoms. The van der Waals surface area contributed by atoms with Crippen LogP contribution in [-0.2, 0) is 16.6 Å². The van der Waals surface area contributed by atoms with E-state index in [1.165, 1.54) is 17.0 Å². The Morgan fingerprint density at radius 3 is 2.52 bits per heavy atom. The minimum Gasteiger partial charge on any atom is -0.332 e. The van der Waals surface area contributed by atoms with Gasteiger partial charge in [-0.25, -0.2) is 18.4 Å². The van der Waals surface area contributed by atoms with Crippen molar-refractivity contribution in [3.8, 4) is 0 Å². The van der Waals surface area contributed by atoms with Gasteiger partial charge in [0.2, 0.25) is 10.0 Å². The smallest absolute Gasteiger partial charge is 0.317 e. The van der Waals surface area contributed by atoms with Gasteiger partial charge in [-0.3, -0.25) is 5.10 Å². The van der Waals surface area contributed by atoms with Gasteiger partial charge in [0.1, 0.15) is 0 Å². The van der Waals surface area contributed by atoms with Gasteiger partial charge in [-0.1, -0.05) is 12.1 Å². The molecule has 2 aromatic rings. The lowest BCUT2D eigenvalue weighted by atomic mass is 10.1. The fourth-order valence-corrected chi connectivity index (χ4v) is 2.53. The van der Waals surface area contributed by atoms with Crippen molar-refractivity contribution in [1.29, 1.82) is 0 Å². The molecule has 1 unspecified atom stereocenters. The van der Waals surface area contributed by atoms with Gasteiger partial charge in [0.25, 0.3) is 0 Å². The van der Waals surface area contributed by atoms with Crippen molar-refractivity contribution in [3.05, 3.63) is 47.8 Å². The molecular weight excluding hydrogens is 318 g/mol. The summed E-state index contributed by atoms with van der Waals surface area (Å²) in [6, 6.07) is 7.44. The van der Waals surface area contributed by atoms with E-state index < -0.39 is 10.0 Å². The molecule has 0 bridgehead atoms. The van der Waals surface area contributed by atoms with Crippen LogP contribution in [0.3, 0.4) is 0 Å². The lowest BCUT2D eigenvalue weighted by Crippen LogP contribution is -2.38. The van der Waals surface area contributed by atoms with E-state index in [0.29, 0.717) is 6.54 Å². The Balaban J connectivity index is 2.00. The molecule has 8 nitrogen and oxygen atoms in total. The SMILES string of the molecule is CC(c1ccc(S(N)(=O)=O)cc1)N(C)C(=O)NCc1ccn[nH]1. The van der Waals surface area contributed by atoms with Crippen LogP contribution in [0.25, 0.3) is 0 Å². The molecule has 0 saturated heterocycles. The van der Waals surface area contributed by atoms with Crippen LogP contribution in [0.1, 0.15) is 24.2 Å². The van der Waals surface area contributed by atoms with Crippen molar-refractivity contribution in [1.82, 2.24) is 20.4 Å². The van der Waals surface area contributed by atoms with E-state index in [4.69, 9.17) is 5.14 Å². The van der Waals surface area contributed by atoms with E-state index in [-0.39, 0.29) is 17.0 Å². The Labute approximate surface area is 134 Å². The molecule has 2 amide bonds. The van der Waals surface area contributed by atoms with Crippen LogP contribution in [-0.4, -0.2) is 36.6 Å². The van der Waals surface area contributed by atoms with E-state index in [2.05, 4.69) is 15.5 Å². The number of rotatable bonds is 5. The predicted octanol–water partition coefficient (Wildman–Crippen LogP) is 0.960. The molecule has 0 fully saturated rings. The summed E-state index contributed by atoms with van der Waals surface area (Å²) in [7, 11) is -2.05. The summed E-state index contributed by atoms with van der Waals surface area (Å²) >= 11 is 0. The number of sulfonamides is 1. The number of carbonyl (C=O) groups is 1. The topological polar surface area (TPSA) is 121 Å². The molecule has 0 aliphatic rings. The third kappa shape index (κ3) is 4.30. The number of urea groups is 1. The van der Waals surface area contributed by atoms with Gasteiger partial charge in [-0.05, 0) is 30.7 Å². The first-order valence-electron chi connectivity index (χ1n) is 6.90. The highest BCUT2D eigenvalue weighted by atomic mass is 32.2. The molecule has 2 rings (SSSR count). The number of hydrogen-bond donors (Lipinski definition) is 3. The van der Waals surface area contributed by atoms with Crippen molar-refractivity contribution in [2.45, 2.75) is 24.4 Å². The fourth-order valence-electron chi connectivity index (χ4n) is 2.01. The van der Waals surface area contributed by atoms with Crippen molar-refractivity contribution in [2.24, 2.45) is 5.14 Å². The van der Waals surface area contributed by atoms with E-state index in [1.807, 2.05) is 6.92 Å². The summed E-state index contributed by atoms with van der Waals surface area (Å²) in [5.74, 6) is 0. The molecular formula is C14H19N5O3S. The normalized spacial score (nSPS) is 12.7. The van der Waals surface area contributed by atoms with E-state index in [9.17, 15) is 13.2 Å². The van der Waals surface area contributed by atoms with Crippen LogP contribution in [0.4, 0.5) is 4.79 Å². The van der Waals surface area contributed by atoms with Crippen molar-refractivity contribution in [3.63, 3.8) is 0 Å². The van der Waals surface area contributed by atoms with E-state index >= 15 is 0 Å². The molecule has 0 spiro atoms. The number of benzene rings is 1. The summed E-state index contributed by atoms with van der Waals surface area (Å²) in [6.45, 7) is 2.20. The average Bonchev–Trinajstić information content (AvgIpc) is 3.04. The minimum atomic E-state index is -3.72. The van der Waals surface area contributed by atoms with Crippen LogP contribution in [0.5, 0.6) is 0 Å². The number of primary sulfonamides is 1. The third-order valence-corrected chi connectivity index (χ3v) is 4.51. The predicted molar refractivity (Wildman–Crippen MR) is 84.8 cm³/mol. The van der Waals surface area contributed by atoms with Gasteiger partial charge in [-0.15, -0.1) is 0 Å². The van der Waals surface area contributed by atoms with Crippen LogP contribution >= 0.6 is 0 Å². The Hall–Kier alpha value is -2.39. The zero-order valence-corrected chi connectivity index (χ0v) is 13.7. The Kier molecular flexibility index (Phi) is 5.02. The van der Waals surface area contributed by atoms with Crippen LogP contribution in [0.15, 0.2) is 41.4 Å². The van der Waals surface area contributed by atoms with Crippen molar-refractivity contribution < 1.29 is 13.2 Å². The molecule has 1 aromatic carbocycles. The highest BCUT2D eigenvalue weighted by molar-refractivity contribution is 7.89. The molecule has 0 aliphatic carbocycles. The first kappa shape index (κ1) is 17.0. The number of nitrogens with one attached hydrogen (secondary N) is 2. The lowest BCUT2D eigenvalue weighted by Gasteiger charge is -2.25. The maximum atomic E-state index is 12.1. The Bertz CT molecular complexity index is 756. The number of carbonyl (C=O) groups excluding carboxylic acids is 1. The maximum Gasteiger partial charge on any atom is 0.317 e. The van der Waals surface area contributed by atoms with Crippen LogP contribution in [0, 0.1) is 0 Å². The third-order valence-electron chi connectivity index (χ3n) is 3.58. The molecule has 0 aliphatic heterocycles. The van der Waals surface area contributed by atoms with E-state index in [0.717, 1.165) is 11.3 Å². The Morgan fingerprint density at radius 1 is 1.35 bits per heavy atom. The van der Waals surface area contributed by atoms with E-state index in [1.54, 1.807) is 31.4 Å². The number of aromatic nitrogens is 2. The van der Waals surface area contributed by atoms with Gasteiger partial charge in [0, 0.05) is 13.2 Å². The second kappa shape index (κ2) is 6.80. The summed E-state index contributed by atoms with van der Waals surface area (Å²) in [6.07, 6.45) is 1.61. The number of nitrogens with zero attached hydrogens (tertiary/aromatic N) is 2. The summed E-state index contributed by atoms with van der Waals surface area (Å²) in [4.78, 5) is 13.7. The van der Waals surface area contributed by atoms with Crippen LogP contribution < -0.4 is 10.5 Å². The molecule has 23 heavy (non-hydrogen) atoms. The largest absolute Gasteiger partial charge is 0.332 e. The van der Waals surface area contributed by atoms with Gasteiger partial charge in [0.15, 0.2) is 0 Å². The van der Waals surface area contributed by atoms with Gasteiger partial charge >= 0.3 is 6.03 Å². The number of H-pyrrole nitrogens is 1. The molecule has 1 atom stereocenters. The number of nitrogens with two attached hydrogens (primary N) is 1. The number of amides is 2. The zero-order valence-electron chi connectivity index (χ0n) is 12.9. The second-order valence-electron chi connectivity index (χ2n) is 5.14. The fraction of sp³-hybridized carbons (Fsp3) is 0.286. The standard InChI is InChI=1S/C14H19N5O3S/c1-10(11-3-5-13(6-4-11)23(15,21)22)19(2)14(20)16-9-12-7-8-17-18-12/h3-8,10H,9H2,1-2H3,(H,16,20)(H,17,18)(H2,15,21,22). The Morgan fingerprint density at radius 2 is 2.00 bits per heavy atom. The van der Waals surface area contributed by atoms with Gasteiger partial charge in [0.05, 0.1) is 23.2 Å². The summed E-state index contributed by atoms with van der Waals surface area (Å²) in [5.41, 5.74) is 1.61. The van der Waals surface area contributed by atoms with Gasteiger partial charge in [-0.2, -0.15) is 5.10 Å². The molecule has 124 valence electrons. The maximum absolute atomic E-state index is 12.1.